The zero-order valence-corrected chi connectivity index (χ0v) is 11.5. The number of anilines is 2. The molecule has 0 radical (unpaired) electrons. The lowest BCUT2D eigenvalue weighted by Crippen LogP contribution is -2.51. The first-order valence-corrected chi connectivity index (χ1v) is 6.54. The van der Waals surface area contributed by atoms with Crippen molar-refractivity contribution in [1.82, 2.24) is 9.97 Å². The number of nitrogens with zero attached hydrogens (tertiary/aromatic N) is 3. The molecule has 0 unspecified atom stereocenters. The molecule has 0 saturated heterocycles. The van der Waals surface area contributed by atoms with E-state index >= 15 is 0 Å². The van der Waals surface area contributed by atoms with Gasteiger partial charge in [-0.05, 0) is 31.9 Å². The van der Waals surface area contributed by atoms with Gasteiger partial charge in [0.05, 0.1) is 6.20 Å². The maximum atomic E-state index is 12.1. The van der Waals surface area contributed by atoms with Crippen LogP contribution in [0.2, 0.25) is 5.28 Å². The number of rotatable bonds is 3. The van der Waals surface area contributed by atoms with Crippen LogP contribution < -0.4 is 10.2 Å². The summed E-state index contributed by atoms with van der Waals surface area (Å²) in [4.78, 5) is 22.3. The minimum Gasteiger partial charge on any atom is -0.340 e. The van der Waals surface area contributed by atoms with Crippen molar-refractivity contribution in [1.29, 1.82) is 0 Å². The van der Waals surface area contributed by atoms with E-state index in [1.807, 2.05) is 18.7 Å². The van der Waals surface area contributed by atoms with Crippen molar-refractivity contribution in [2.45, 2.75) is 45.7 Å². The molecule has 1 aromatic heterocycles. The molecule has 6 heteroatoms. The van der Waals surface area contributed by atoms with Crippen LogP contribution in [0.1, 0.15) is 33.6 Å². The highest BCUT2D eigenvalue weighted by Gasteiger charge is 2.35. The lowest BCUT2D eigenvalue weighted by Gasteiger charge is -2.39. The summed E-state index contributed by atoms with van der Waals surface area (Å²) in [6, 6.07) is -0.00853. The molecular formula is C12H17ClN4O. The van der Waals surface area contributed by atoms with Crippen molar-refractivity contribution >= 4 is 29.0 Å². The van der Waals surface area contributed by atoms with Crippen molar-refractivity contribution in [3.8, 4) is 0 Å². The Morgan fingerprint density at radius 1 is 1.56 bits per heavy atom. The Labute approximate surface area is 112 Å². The number of amides is 1. The van der Waals surface area contributed by atoms with Crippen LogP contribution in [0.3, 0.4) is 0 Å². The number of aromatic nitrogens is 2. The molecule has 1 amide bonds. The summed E-state index contributed by atoms with van der Waals surface area (Å²) in [5.74, 6) is 0.715. The van der Waals surface area contributed by atoms with Gasteiger partial charge in [-0.2, -0.15) is 4.98 Å². The van der Waals surface area contributed by atoms with Crippen LogP contribution in [0.15, 0.2) is 6.20 Å². The number of hydrogen-bond donors (Lipinski definition) is 1. The van der Waals surface area contributed by atoms with Crippen molar-refractivity contribution in [2.24, 2.45) is 0 Å². The van der Waals surface area contributed by atoms with E-state index in [9.17, 15) is 4.79 Å². The first-order chi connectivity index (χ1) is 8.54. The molecule has 98 valence electrons. The Morgan fingerprint density at radius 2 is 2.28 bits per heavy atom. The van der Waals surface area contributed by atoms with Crippen molar-refractivity contribution in [3.63, 3.8) is 0 Å². The van der Waals surface area contributed by atoms with Crippen LogP contribution in [0.4, 0.5) is 11.5 Å². The molecule has 2 heterocycles. The average molecular weight is 269 g/mol. The Hall–Kier alpha value is -1.36. The second-order valence-electron chi connectivity index (χ2n) is 4.67. The van der Waals surface area contributed by atoms with Crippen molar-refractivity contribution < 1.29 is 4.79 Å². The fourth-order valence-corrected chi connectivity index (χ4v) is 2.40. The highest BCUT2D eigenvalue weighted by Crippen LogP contribution is 2.33. The van der Waals surface area contributed by atoms with Crippen LogP contribution in [0.25, 0.3) is 0 Å². The normalized spacial score (nSPS) is 18.8. The lowest BCUT2D eigenvalue weighted by atomic mass is 10.0. The highest BCUT2D eigenvalue weighted by molar-refractivity contribution is 6.28. The zero-order valence-electron chi connectivity index (χ0n) is 10.8. The maximum Gasteiger partial charge on any atom is 0.247 e. The third kappa shape index (κ3) is 2.27. The van der Waals surface area contributed by atoms with Gasteiger partial charge in [0.15, 0.2) is 5.82 Å². The second-order valence-corrected chi connectivity index (χ2v) is 5.01. The van der Waals surface area contributed by atoms with Gasteiger partial charge in [-0.15, -0.1) is 0 Å². The van der Waals surface area contributed by atoms with Gasteiger partial charge in [-0.25, -0.2) is 4.98 Å². The van der Waals surface area contributed by atoms with Gasteiger partial charge in [0.2, 0.25) is 11.2 Å². The molecule has 1 N–H and O–H groups in total. The van der Waals surface area contributed by atoms with E-state index in [0.717, 1.165) is 12.8 Å². The topological polar surface area (TPSA) is 58.1 Å². The van der Waals surface area contributed by atoms with Gasteiger partial charge in [-0.3, -0.25) is 4.79 Å². The molecule has 1 aliphatic rings. The van der Waals surface area contributed by atoms with E-state index < -0.39 is 0 Å². The number of carbonyl (C=O) groups excluding carboxylic acids is 1. The molecule has 1 atom stereocenters. The van der Waals surface area contributed by atoms with Gasteiger partial charge in [0.25, 0.3) is 0 Å². The van der Waals surface area contributed by atoms with Gasteiger partial charge in [-0.1, -0.05) is 13.3 Å². The Morgan fingerprint density at radius 3 is 2.89 bits per heavy atom. The summed E-state index contributed by atoms with van der Waals surface area (Å²) in [6.07, 6.45) is 3.29. The Bertz CT molecular complexity index is 463. The van der Waals surface area contributed by atoms with E-state index in [-0.39, 0.29) is 23.3 Å². The third-order valence-corrected chi connectivity index (χ3v) is 3.18. The third-order valence-electron chi connectivity index (χ3n) is 3.00. The molecule has 18 heavy (non-hydrogen) atoms. The summed E-state index contributed by atoms with van der Waals surface area (Å²) >= 11 is 5.85. The zero-order chi connectivity index (χ0) is 13.3. The highest BCUT2D eigenvalue weighted by atomic mass is 35.5. The van der Waals surface area contributed by atoms with E-state index in [1.165, 1.54) is 0 Å². The summed E-state index contributed by atoms with van der Waals surface area (Å²) in [5.41, 5.74) is 0.630. The number of carbonyl (C=O) groups is 1. The largest absolute Gasteiger partial charge is 0.340 e. The second kappa shape index (κ2) is 5.10. The number of nitrogens with one attached hydrogen (secondary N) is 1. The van der Waals surface area contributed by atoms with Gasteiger partial charge >= 0.3 is 0 Å². The predicted molar refractivity (Wildman–Crippen MR) is 72.0 cm³/mol. The van der Waals surface area contributed by atoms with E-state index in [1.54, 1.807) is 6.20 Å². The monoisotopic (exact) mass is 268 g/mol. The summed E-state index contributed by atoms with van der Waals surface area (Å²) in [7, 11) is 0. The standard InChI is InChI=1S/C12H17ClN4O/c1-4-5-9-11(18)15-8-6-14-12(13)16-10(8)17(9)7(2)3/h6-7,9H,4-5H2,1-3H3,(H,15,18)/t9-/m1/s1. The van der Waals surface area contributed by atoms with Crippen LogP contribution in [0.5, 0.6) is 0 Å². The molecule has 1 aromatic rings. The Kier molecular flexibility index (Phi) is 3.71. The van der Waals surface area contributed by atoms with E-state index in [0.29, 0.717) is 11.5 Å². The first kappa shape index (κ1) is 13.1. The minimum atomic E-state index is -0.187. The molecular weight excluding hydrogens is 252 g/mol. The fourth-order valence-electron chi connectivity index (χ4n) is 2.28. The summed E-state index contributed by atoms with van der Waals surface area (Å²) < 4.78 is 0. The molecule has 0 saturated carbocycles. The first-order valence-electron chi connectivity index (χ1n) is 6.16. The SMILES string of the molecule is CCC[C@@H]1C(=O)Nc2cnc(Cl)nc2N1C(C)C. The molecule has 0 spiro atoms. The molecule has 5 nitrogen and oxygen atoms in total. The minimum absolute atomic E-state index is 0.00368. The summed E-state index contributed by atoms with van der Waals surface area (Å²) in [6.45, 7) is 6.15. The molecule has 0 aromatic carbocycles. The van der Waals surface area contributed by atoms with Gasteiger partial charge in [0, 0.05) is 6.04 Å². The predicted octanol–water partition coefficient (Wildman–Crippen LogP) is 2.47. The Balaban J connectivity index is 2.47. The molecule has 1 aliphatic heterocycles. The number of halogens is 1. The van der Waals surface area contributed by atoms with Gasteiger partial charge < -0.3 is 10.2 Å². The maximum absolute atomic E-state index is 12.1. The number of hydrogen-bond acceptors (Lipinski definition) is 4. The average Bonchev–Trinajstić information content (AvgIpc) is 2.30. The summed E-state index contributed by atoms with van der Waals surface area (Å²) in [5, 5.41) is 3.04. The van der Waals surface area contributed by atoms with Crippen LogP contribution in [-0.4, -0.2) is 28.0 Å². The fraction of sp³-hybridized carbons (Fsp3) is 0.583. The van der Waals surface area contributed by atoms with E-state index in [4.69, 9.17) is 11.6 Å². The van der Waals surface area contributed by atoms with E-state index in [2.05, 4.69) is 22.2 Å². The molecule has 2 rings (SSSR count). The van der Waals surface area contributed by atoms with Crippen molar-refractivity contribution in [2.75, 3.05) is 10.2 Å². The van der Waals surface area contributed by atoms with Crippen molar-refractivity contribution in [3.05, 3.63) is 11.5 Å². The van der Waals surface area contributed by atoms with Crippen LogP contribution in [-0.2, 0) is 4.79 Å². The quantitative estimate of drug-likeness (QED) is 0.856. The molecule has 0 aliphatic carbocycles. The molecule has 0 bridgehead atoms. The number of fused-ring (bicyclic) bond motifs is 1. The van der Waals surface area contributed by atoms with Crippen LogP contribution in [0, 0.1) is 0 Å². The van der Waals surface area contributed by atoms with Gasteiger partial charge in [0.1, 0.15) is 11.7 Å². The lowest BCUT2D eigenvalue weighted by molar-refractivity contribution is -0.118. The van der Waals surface area contributed by atoms with Crippen LogP contribution >= 0.6 is 11.6 Å². The molecule has 0 fully saturated rings. The smallest absolute Gasteiger partial charge is 0.247 e.